The smallest absolute Gasteiger partial charge is 0.0637 e. The average molecular weight is 315 g/mol. The lowest BCUT2D eigenvalue weighted by molar-refractivity contribution is 0.206. The zero-order valence-electron chi connectivity index (χ0n) is 11.7. The number of halogens is 1. The first kappa shape index (κ1) is 15.5. The topological polar surface area (TPSA) is 24.5 Å². The predicted octanol–water partition coefficient (Wildman–Crippen LogP) is 3.20. The quantitative estimate of drug-likeness (QED) is 0.836. The van der Waals surface area contributed by atoms with Crippen molar-refractivity contribution in [2.24, 2.45) is 0 Å². The monoisotopic (exact) mass is 314 g/mol. The summed E-state index contributed by atoms with van der Waals surface area (Å²) in [5.41, 5.74) is 2.56. The molecule has 3 nitrogen and oxygen atoms in total. The van der Waals surface area contributed by atoms with Crippen molar-refractivity contribution >= 4 is 21.6 Å². The third-order valence-electron chi connectivity index (χ3n) is 3.01. The van der Waals surface area contributed by atoms with E-state index in [1.807, 2.05) is 0 Å². The number of methoxy groups -OCH3 is 1. The SMILES string of the molecule is CCNC(C)c1cc(Br)ccc1N(C)CCOC. The molecule has 0 aliphatic heterocycles. The molecule has 4 heteroatoms. The van der Waals surface area contributed by atoms with Crippen LogP contribution in [0.2, 0.25) is 0 Å². The Morgan fingerprint density at radius 1 is 1.44 bits per heavy atom. The van der Waals surface area contributed by atoms with Crippen LogP contribution in [-0.4, -0.2) is 33.9 Å². The molecule has 1 aromatic rings. The molecule has 0 saturated carbocycles. The van der Waals surface area contributed by atoms with Gasteiger partial charge in [-0.15, -0.1) is 0 Å². The molecule has 1 aromatic carbocycles. The van der Waals surface area contributed by atoms with Gasteiger partial charge >= 0.3 is 0 Å². The number of hydrogen-bond donors (Lipinski definition) is 1. The zero-order valence-corrected chi connectivity index (χ0v) is 13.3. The van der Waals surface area contributed by atoms with Gasteiger partial charge in [-0.2, -0.15) is 0 Å². The summed E-state index contributed by atoms with van der Waals surface area (Å²) in [6.45, 7) is 6.92. The standard InChI is InChI=1S/C14H23BrN2O/c1-5-16-11(2)13-10-12(15)6-7-14(13)17(3)8-9-18-4/h6-7,10-11,16H,5,8-9H2,1-4H3. The second kappa shape index (κ2) is 7.77. The van der Waals surface area contributed by atoms with Crippen LogP contribution in [0.5, 0.6) is 0 Å². The van der Waals surface area contributed by atoms with Gasteiger partial charge in [-0.1, -0.05) is 22.9 Å². The van der Waals surface area contributed by atoms with Gasteiger partial charge in [0.1, 0.15) is 0 Å². The molecule has 1 unspecified atom stereocenters. The molecule has 102 valence electrons. The Bertz CT molecular complexity index is 371. The van der Waals surface area contributed by atoms with Crippen LogP contribution < -0.4 is 10.2 Å². The number of likely N-dealkylation sites (N-methyl/N-ethyl adjacent to an activating group) is 1. The van der Waals surface area contributed by atoms with Gasteiger partial charge < -0.3 is 15.0 Å². The van der Waals surface area contributed by atoms with Crippen molar-refractivity contribution in [3.63, 3.8) is 0 Å². The van der Waals surface area contributed by atoms with Gasteiger partial charge in [-0.05, 0) is 37.2 Å². The Kier molecular flexibility index (Phi) is 6.68. The molecule has 1 N–H and O–H groups in total. The highest BCUT2D eigenvalue weighted by molar-refractivity contribution is 9.10. The number of nitrogens with one attached hydrogen (secondary N) is 1. The van der Waals surface area contributed by atoms with Gasteiger partial charge in [0.05, 0.1) is 6.61 Å². The second-order valence-electron chi connectivity index (χ2n) is 4.40. The van der Waals surface area contributed by atoms with Crippen LogP contribution in [0.15, 0.2) is 22.7 Å². The fraction of sp³-hybridized carbons (Fsp3) is 0.571. The molecule has 0 saturated heterocycles. The van der Waals surface area contributed by atoms with Crippen LogP contribution >= 0.6 is 15.9 Å². The van der Waals surface area contributed by atoms with Crippen molar-refractivity contribution in [3.05, 3.63) is 28.2 Å². The predicted molar refractivity (Wildman–Crippen MR) is 81.4 cm³/mol. The number of hydrogen-bond acceptors (Lipinski definition) is 3. The van der Waals surface area contributed by atoms with Crippen LogP contribution in [0.25, 0.3) is 0 Å². The Labute approximate surface area is 119 Å². The molecular weight excluding hydrogens is 292 g/mol. The Morgan fingerprint density at radius 3 is 2.78 bits per heavy atom. The molecule has 0 heterocycles. The molecule has 18 heavy (non-hydrogen) atoms. The van der Waals surface area contributed by atoms with Crippen molar-refractivity contribution in [2.75, 3.05) is 38.8 Å². The molecule has 0 radical (unpaired) electrons. The molecule has 0 bridgehead atoms. The lowest BCUT2D eigenvalue weighted by Crippen LogP contribution is -2.26. The highest BCUT2D eigenvalue weighted by atomic mass is 79.9. The van der Waals surface area contributed by atoms with Crippen LogP contribution in [0.4, 0.5) is 5.69 Å². The summed E-state index contributed by atoms with van der Waals surface area (Å²) < 4.78 is 6.26. The van der Waals surface area contributed by atoms with E-state index in [0.717, 1.165) is 24.2 Å². The van der Waals surface area contributed by atoms with Crippen molar-refractivity contribution < 1.29 is 4.74 Å². The van der Waals surface area contributed by atoms with Gasteiger partial charge in [-0.25, -0.2) is 0 Å². The first-order valence-electron chi connectivity index (χ1n) is 6.33. The minimum atomic E-state index is 0.340. The molecule has 0 aromatic heterocycles. The first-order valence-corrected chi connectivity index (χ1v) is 7.12. The van der Waals surface area contributed by atoms with Crippen molar-refractivity contribution in [3.8, 4) is 0 Å². The van der Waals surface area contributed by atoms with Gasteiger partial charge in [0.2, 0.25) is 0 Å². The molecular formula is C14H23BrN2O. The molecule has 0 spiro atoms. The summed E-state index contributed by atoms with van der Waals surface area (Å²) in [4.78, 5) is 2.24. The van der Waals surface area contributed by atoms with Crippen LogP contribution in [-0.2, 0) is 4.74 Å². The third kappa shape index (κ3) is 4.26. The summed E-state index contributed by atoms with van der Waals surface area (Å²) >= 11 is 3.55. The van der Waals surface area contributed by atoms with Crippen molar-refractivity contribution in [1.82, 2.24) is 5.32 Å². The van der Waals surface area contributed by atoms with E-state index >= 15 is 0 Å². The van der Waals surface area contributed by atoms with E-state index in [2.05, 4.69) is 65.2 Å². The summed E-state index contributed by atoms with van der Waals surface area (Å²) in [5, 5.41) is 3.46. The van der Waals surface area contributed by atoms with E-state index in [1.54, 1.807) is 7.11 Å². The largest absolute Gasteiger partial charge is 0.383 e. The Morgan fingerprint density at radius 2 is 2.17 bits per heavy atom. The van der Waals surface area contributed by atoms with Crippen molar-refractivity contribution in [2.45, 2.75) is 19.9 Å². The fourth-order valence-corrected chi connectivity index (χ4v) is 2.36. The van der Waals surface area contributed by atoms with Gasteiger partial charge in [0.25, 0.3) is 0 Å². The fourth-order valence-electron chi connectivity index (χ4n) is 1.98. The molecule has 1 rings (SSSR count). The third-order valence-corrected chi connectivity index (χ3v) is 3.50. The minimum absolute atomic E-state index is 0.340. The van der Waals surface area contributed by atoms with Crippen LogP contribution in [0.3, 0.4) is 0 Å². The summed E-state index contributed by atoms with van der Waals surface area (Å²) in [5.74, 6) is 0. The number of rotatable bonds is 7. The molecule has 0 amide bonds. The maximum absolute atomic E-state index is 5.14. The van der Waals surface area contributed by atoms with E-state index in [-0.39, 0.29) is 0 Å². The number of benzene rings is 1. The highest BCUT2D eigenvalue weighted by Gasteiger charge is 2.13. The molecule has 0 aliphatic carbocycles. The van der Waals surface area contributed by atoms with E-state index < -0.39 is 0 Å². The summed E-state index contributed by atoms with van der Waals surface area (Å²) in [6, 6.07) is 6.77. The lowest BCUT2D eigenvalue weighted by Gasteiger charge is -2.25. The zero-order chi connectivity index (χ0) is 13.5. The summed E-state index contributed by atoms with van der Waals surface area (Å²) in [6.07, 6.45) is 0. The van der Waals surface area contributed by atoms with Crippen LogP contribution in [0, 0.1) is 0 Å². The van der Waals surface area contributed by atoms with E-state index in [9.17, 15) is 0 Å². The van der Waals surface area contributed by atoms with E-state index in [1.165, 1.54) is 11.3 Å². The normalized spacial score (nSPS) is 12.5. The van der Waals surface area contributed by atoms with Gasteiger partial charge in [-0.3, -0.25) is 0 Å². The van der Waals surface area contributed by atoms with E-state index in [0.29, 0.717) is 6.04 Å². The number of nitrogens with zero attached hydrogens (tertiary/aromatic N) is 1. The van der Waals surface area contributed by atoms with Crippen molar-refractivity contribution in [1.29, 1.82) is 0 Å². The maximum atomic E-state index is 5.14. The minimum Gasteiger partial charge on any atom is -0.383 e. The van der Waals surface area contributed by atoms with E-state index in [4.69, 9.17) is 4.74 Å². The number of ether oxygens (including phenoxy) is 1. The molecule has 0 fully saturated rings. The van der Waals surface area contributed by atoms with Gasteiger partial charge in [0, 0.05) is 36.9 Å². The Hall–Kier alpha value is -0.580. The number of anilines is 1. The van der Waals surface area contributed by atoms with Gasteiger partial charge in [0.15, 0.2) is 0 Å². The highest BCUT2D eigenvalue weighted by Crippen LogP contribution is 2.28. The lowest BCUT2D eigenvalue weighted by atomic mass is 10.1. The second-order valence-corrected chi connectivity index (χ2v) is 5.31. The summed E-state index contributed by atoms with van der Waals surface area (Å²) in [7, 11) is 3.84. The first-order chi connectivity index (χ1) is 8.60. The molecule has 1 atom stereocenters. The molecule has 0 aliphatic rings. The Balaban J connectivity index is 2.95. The average Bonchev–Trinajstić information content (AvgIpc) is 2.36. The maximum Gasteiger partial charge on any atom is 0.0637 e. The van der Waals surface area contributed by atoms with Crippen LogP contribution in [0.1, 0.15) is 25.5 Å².